The van der Waals surface area contributed by atoms with Crippen LogP contribution in [0.5, 0.6) is 0 Å². The van der Waals surface area contributed by atoms with Crippen molar-refractivity contribution in [1.82, 2.24) is 9.62 Å². The molecule has 1 heterocycles. The smallest absolute Gasteiger partial charge is 0.252 e. The minimum atomic E-state index is -3.62. The SMILES string of the molecule is CCC(C)(O)CNC(=O)CN(C)S(=O)(=O)c1cccs1. The van der Waals surface area contributed by atoms with E-state index in [-0.39, 0.29) is 17.3 Å². The highest BCUT2D eigenvalue weighted by Gasteiger charge is 2.25. The number of sulfonamides is 1. The highest BCUT2D eigenvalue weighted by Crippen LogP contribution is 2.19. The maximum atomic E-state index is 12.1. The molecule has 1 atom stereocenters. The van der Waals surface area contributed by atoms with Crippen LogP contribution in [0.2, 0.25) is 0 Å². The second kappa shape index (κ2) is 6.66. The summed E-state index contributed by atoms with van der Waals surface area (Å²) in [5.41, 5.74) is -0.985. The first-order valence-electron chi connectivity index (χ1n) is 6.18. The van der Waals surface area contributed by atoms with E-state index in [4.69, 9.17) is 0 Å². The normalized spacial score (nSPS) is 15.1. The van der Waals surface area contributed by atoms with Gasteiger partial charge in [-0.2, -0.15) is 4.31 Å². The van der Waals surface area contributed by atoms with Crippen molar-refractivity contribution in [3.63, 3.8) is 0 Å². The largest absolute Gasteiger partial charge is 0.388 e. The highest BCUT2D eigenvalue weighted by atomic mass is 32.2. The summed E-state index contributed by atoms with van der Waals surface area (Å²) in [6.07, 6.45) is 0.497. The zero-order valence-electron chi connectivity index (χ0n) is 11.8. The molecule has 1 rings (SSSR count). The summed E-state index contributed by atoms with van der Waals surface area (Å²) in [6.45, 7) is 3.23. The van der Waals surface area contributed by atoms with Crippen molar-refractivity contribution >= 4 is 27.3 Å². The number of nitrogens with one attached hydrogen (secondary N) is 1. The molecule has 114 valence electrons. The van der Waals surface area contributed by atoms with Crippen molar-refractivity contribution in [2.24, 2.45) is 0 Å². The van der Waals surface area contributed by atoms with E-state index >= 15 is 0 Å². The number of hydrogen-bond acceptors (Lipinski definition) is 5. The van der Waals surface area contributed by atoms with E-state index in [9.17, 15) is 18.3 Å². The fraction of sp³-hybridized carbons (Fsp3) is 0.583. The van der Waals surface area contributed by atoms with Gasteiger partial charge in [0.05, 0.1) is 12.1 Å². The molecule has 1 unspecified atom stereocenters. The summed E-state index contributed by atoms with van der Waals surface area (Å²) in [6, 6.07) is 3.14. The van der Waals surface area contributed by atoms with E-state index in [2.05, 4.69) is 5.32 Å². The molecule has 0 aliphatic rings. The van der Waals surface area contributed by atoms with Crippen LogP contribution in [0.25, 0.3) is 0 Å². The van der Waals surface area contributed by atoms with Crippen LogP contribution in [0.4, 0.5) is 0 Å². The van der Waals surface area contributed by atoms with Gasteiger partial charge in [-0.15, -0.1) is 11.3 Å². The molecule has 0 radical (unpaired) electrons. The molecule has 6 nitrogen and oxygen atoms in total. The second-order valence-corrected chi connectivity index (χ2v) is 8.04. The maximum Gasteiger partial charge on any atom is 0.252 e. The van der Waals surface area contributed by atoms with Crippen LogP contribution in [0.1, 0.15) is 20.3 Å². The quantitative estimate of drug-likeness (QED) is 0.772. The lowest BCUT2D eigenvalue weighted by molar-refractivity contribution is -0.122. The highest BCUT2D eigenvalue weighted by molar-refractivity contribution is 7.91. The Bertz CT molecular complexity index is 538. The molecule has 20 heavy (non-hydrogen) atoms. The Balaban J connectivity index is 2.58. The lowest BCUT2D eigenvalue weighted by atomic mass is 10.0. The van der Waals surface area contributed by atoms with Crippen LogP contribution in [0.3, 0.4) is 0 Å². The third-order valence-electron chi connectivity index (χ3n) is 2.95. The third kappa shape index (κ3) is 4.55. The van der Waals surface area contributed by atoms with Gasteiger partial charge in [0.1, 0.15) is 4.21 Å². The number of rotatable bonds is 7. The maximum absolute atomic E-state index is 12.1. The average Bonchev–Trinajstić information content (AvgIpc) is 2.91. The monoisotopic (exact) mass is 320 g/mol. The molecule has 0 spiro atoms. The molecule has 0 fully saturated rings. The summed E-state index contributed by atoms with van der Waals surface area (Å²) in [5.74, 6) is -0.443. The molecule has 1 amide bonds. The summed E-state index contributed by atoms with van der Waals surface area (Å²) in [7, 11) is -2.27. The molecular formula is C12H20N2O4S2. The van der Waals surface area contributed by atoms with Crippen molar-refractivity contribution in [2.75, 3.05) is 20.1 Å². The number of amides is 1. The van der Waals surface area contributed by atoms with Gasteiger partial charge in [0.25, 0.3) is 10.0 Å². The molecule has 1 aromatic rings. The van der Waals surface area contributed by atoms with Gasteiger partial charge >= 0.3 is 0 Å². The fourth-order valence-corrected chi connectivity index (χ4v) is 3.65. The van der Waals surface area contributed by atoms with Crippen LogP contribution in [-0.2, 0) is 14.8 Å². The predicted molar refractivity (Wildman–Crippen MR) is 78.1 cm³/mol. The zero-order valence-corrected chi connectivity index (χ0v) is 13.4. The molecule has 1 aromatic heterocycles. The van der Waals surface area contributed by atoms with Crippen molar-refractivity contribution in [3.05, 3.63) is 17.5 Å². The summed E-state index contributed by atoms with van der Waals surface area (Å²) < 4.78 is 25.4. The van der Waals surface area contributed by atoms with Crippen LogP contribution in [0.15, 0.2) is 21.7 Å². The number of carbonyl (C=O) groups is 1. The Labute approximate surface area is 123 Å². The van der Waals surface area contributed by atoms with Gasteiger partial charge in [0.2, 0.25) is 5.91 Å². The topological polar surface area (TPSA) is 86.7 Å². The van der Waals surface area contributed by atoms with E-state index in [0.29, 0.717) is 6.42 Å². The van der Waals surface area contributed by atoms with Gasteiger partial charge in [0.15, 0.2) is 0 Å². The third-order valence-corrected chi connectivity index (χ3v) is 6.13. The van der Waals surface area contributed by atoms with Gasteiger partial charge < -0.3 is 10.4 Å². The Morgan fingerprint density at radius 1 is 1.55 bits per heavy atom. The van der Waals surface area contributed by atoms with Crippen molar-refractivity contribution in [1.29, 1.82) is 0 Å². The van der Waals surface area contributed by atoms with E-state index in [1.165, 1.54) is 13.1 Å². The van der Waals surface area contributed by atoms with Crippen LogP contribution in [0, 0.1) is 0 Å². The Morgan fingerprint density at radius 3 is 2.70 bits per heavy atom. The second-order valence-electron chi connectivity index (χ2n) is 4.82. The Hall–Kier alpha value is -0.960. The molecule has 0 saturated carbocycles. The number of aliphatic hydroxyl groups is 1. The standard InChI is InChI=1S/C12H20N2O4S2/c1-4-12(2,16)9-13-10(15)8-14(3)20(17,18)11-6-5-7-19-11/h5-7,16H,4,8-9H2,1-3H3,(H,13,15). The first-order valence-corrected chi connectivity index (χ1v) is 8.50. The fourth-order valence-electron chi connectivity index (χ4n) is 1.32. The van der Waals surface area contributed by atoms with Gasteiger partial charge in [-0.05, 0) is 24.8 Å². The van der Waals surface area contributed by atoms with Crippen molar-refractivity contribution in [2.45, 2.75) is 30.1 Å². The molecule has 0 bridgehead atoms. The number of hydrogen-bond donors (Lipinski definition) is 2. The van der Waals surface area contributed by atoms with Crippen molar-refractivity contribution in [3.8, 4) is 0 Å². The molecule has 0 aliphatic heterocycles. The Morgan fingerprint density at radius 2 is 2.20 bits per heavy atom. The van der Waals surface area contributed by atoms with Gasteiger partial charge in [-0.1, -0.05) is 13.0 Å². The van der Waals surface area contributed by atoms with E-state index in [1.54, 1.807) is 25.3 Å². The van der Waals surface area contributed by atoms with Gasteiger partial charge in [-0.3, -0.25) is 4.79 Å². The molecule has 0 aliphatic carbocycles. The predicted octanol–water partition coefficient (Wildman–Crippen LogP) is 0.646. The average molecular weight is 320 g/mol. The molecule has 8 heteroatoms. The molecule has 0 aromatic carbocycles. The number of carbonyl (C=O) groups excluding carboxylic acids is 1. The van der Waals surface area contributed by atoms with E-state index in [1.807, 2.05) is 0 Å². The van der Waals surface area contributed by atoms with Gasteiger partial charge in [0, 0.05) is 13.6 Å². The van der Waals surface area contributed by atoms with Crippen molar-refractivity contribution < 1.29 is 18.3 Å². The molecular weight excluding hydrogens is 300 g/mol. The summed E-state index contributed by atoms with van der Waals surface area (Å²) in [5, 5.41) is 14.0. The summed E-state index contributed by atoms with van der Waals surface area (Å²) >= 11 is 1.11. The lowest BCUT2D eigenvalue weighted by Crippen LogP contribution is -2.44. The van der Waals surface area contributed by atoms with Crippen LogP contribution in [-0.4, -0.2) is 49.5 Å². The van der Waals surface area contributed by atoms with Crippen LogP contribution >= 0.6 is 11.3 Å². The van der Waals surface area contributed by atoms with Crippen LogP contribution < -0.4 is 5.32 Å². The number of thiophene rings is 1. The summed E-state index contributed by atoms with van der Waals surface area (Å²) in [4.78, 5) is 11.7. The molecule has 0 saturated heterocycles. The lowest BCUT2D eigenvalue weighted by Gasteiger charge is -2.22. The number of likely N-dealkylation sites (N-methyl/N-ethyl adjacent to an activating group) is 1. The Kier molecular flexibility index (Phi) is 5.69. The molecule has 2 N–H and O–H groups in total. The zero-order chi connectivity index (χ0) is 15.4. The minimum absolute atomic E-state index is 0.0925. The van der Waals surface area contributed by atoms with E-state index < -0.39 is 21.5 Å². The number of nitrogens with zero attached hydrogens (tertiary/aromatic N) is 1. The first kappa shape index (κ1) is 17.1. The van der Waals surface area contributed by atoms with Gasteiger partial charge in [-0.25, -0.2) is 8.42 Å². The van der Waals surface area contributed by atoms with E-state index in [0.717, 1.165) is 15.6 Å². The minimum Gasteiger partial charge on any atom is -0.388 e. The first-order chi connectivity index (χ1) is 9.19.